The molecule has 0 aromatic carbocycles. The number of likely N-dealkylation sites (N-methyl/N-ethyl adjacent to an activating group) is 3. The number of ether oxygens (including phenoxy) is 5. The molecule has 0 unspecified atom stereocenters. The van der Waals surface area contributed by atoms with Gasteiger partial charge in [0.15, 0.2) is 0 Å². The summed E-state index contributed by atoms with van der Waals surface area (Å²) in [5, 5.41) is 41.6. The number of carbonyl (C=O) groups excluding carboxylic acids is 4. The molecule has 8 fully saturated rings. The molecule has 0 aliphatic carbocycles. The van der Waals surface area contributed by atoms with Crippen LogP contribution in [0.1, 0.15) is 268 Å². The number of rotatable bonds is 20. The van der Waals surface area contributed by atoms with E-state index in [0.717, 1.165) is 196 Å². The molecule has 28 nitrogen and oxygen atoms in total. The van der Waals surface area contributed by atoms with Crippen molar-refractivity contribution in [2.75, 3.05) is 305 Å². The van der Waals surface area contributed by atoms with E-state index in [1.807, 2.05) is 68.0 Å². The molecule has 8 rings (SSSR count). The summed E-state index contributed by atoms with van der Waals surface area (Å²) in [6.07, 6.45) is 4.24. The Hall–Kier alpha value is -2.92. The predicted molar refractivity (Wildman–Crippen MR) is 559 cm³/mol. The average molecular weight is 1900 g/mol. The SMILES string of the molecule is CC(C)(C)C(=O)N1CCNCC1.CC(C)(C)CCCO.CC(C)(C)CCOCCO.CC(C)(C)CN1CCNCC1.CC(C)(C)N1CCOC[C@@H]1CO.CC(C)(C)N1CCOC[C@H]1CO.CC1(C)COC1.CN(C)C(=O)CN1CCN(CC(C)(C)C)CC1.COCCC(C)(C)C.C[C@@H]1CN(CC(C)(C)C)CCN1CC(=O)N(C)C.C[C@@H]1CN(CC(C)(C)C)[C@@H](C)CN1CC(=O)N(C)C. The summed E-state index contributed by atoms with van der Waals surface area (Å²) in [6.45, 7) is 111. The maximum absolute atomic E-state index is 11.8. The van der Waals surface area contributed by atoms with Crippen molar-refractivity contribution in [3.8, 4) is 0 Å². The number of hydrogen-bond acceptors (Lipinski definition) is 24. The van der Waals surface area contributed by atoms with E-state index in [1.165, 1.54) is 19.6 Å². The van der Waals surface area contributed by atoms with Crippen LogP contribution in [0.2, 0.25) is 0 Å². The highest BCUT2D eigenvalue weighted by Crippen LogP contribution is 2.28. The second-order valence-electron chi connectivity index (χ2n) is 51.1. The molecule has 133 heavy (non-hydrogen) atoms. The molecule has 0 saturated carbocycles. The third-order valence-corrected chi connectivity index (χ3v) is 23.1. The molecular formula is C105H223N15O13. The van der Waals surface area contributed by atoms with Gasteiger partial charge in [0.25, 0.3) is 0 Å². The second-order valence-corrected chi connectivity index (χ2v) is 51.1. The summed E-state index contributed by atoms with van der Waals surface area (Å²) in [5.41, 5.74) is 3.20. The standard InChI is InChI=1S/C15H31N3O.C14H29N3O.C13H27N3O.C9H18N2O.C9H20N2.2C9H19NO2.C8H18O2.2C7H16O.C5H10O/c1-12-9-18(11-15(3,4)5)13(2)8-17(12)10-14(19)16(6)7;1-12-9-16(11-14(2,3)4)7-8-17(12)10-13(18)15(5)6;1-13(2,3)11-16-8-6-15(7-9-16)10-12(17)14(4)5;1-9(2,3)8(12)11-6-4-10-5-7-11;1-9(2,3)8-11-6-4-10-5-7-11;2*1-9(2,3)10-4-5-12-7-8(10)6-11;1-8(2,3)4-6-10-7-5-9;1-7(2,3)5-6-8-4;1-7(2,3)5-4-6-8;1-5(2)3-6-4-5/h12-13H,8-11H2,1-7H3;12H,7-11H2,1-6H3;6-11H2,1-5H3;10H,4-7H2,1-3H3;10H,4-8H2,1-3H3;2*8,11H,4-7H2,1-3H3;9H,4-7H2,1-3H3;5-6H2,1-4H3;8H,4-6H2,1-3H3;3-4H2,1-2H3/t12-,13+;12-;;;;2*8-;;;;/m11...10..../s1. The Bertz CT molecular complexity index is 2880. The molecule has 28 heteroatoms. The van der Waals surface area contributed by atoms with Crippen molar-refractivity contribution in [2.45, 2.75) is 309 Å². The number of morpholine rings is 2. The Labute approximate surface area is 820 Å². The lowest BCUT2D eigenvalue weighted by atomic mass is 9.91. The molecule has 4 amide bonds. The molecule has 8 aliphatic rings. The van der Waals surface area contributed by atoms with Gasteiger partial charge in [-0.3, -0.25) is 48.6 Å². The van der Waals surface area contributed by atoms with E-state index in [9.17, 15) is 19.2 Å². The predicted octanol–water partition coefficient (Wildman–Crippen LogP) is 12.1. The van der Waals surface area contributed by atoms with Gasteiger partial charge in [-0.1, -0.05) is 180 Å². The van der Waals surface area contributed by atoms with Crippen LogP contribution in [0.15, 0.2) is 0 Å². The summed E-state index contributed by atoms with van der Waals surface area (Å²) in [7, 11) is 12.7. The first-order valence-electron chi connectivity index (χ1n) is 50.9. The van der Waals surface area contributed by atoms with Crippen molar-refractivity contribution in [1.29, 1.82) is 0 Å². The lowest BCUT2D eigenvalue weighted by Gasteiger charge is -2.46. The van der Waals surface area contributed by atoms with Crippen LogP contribution in [0.4, 0.5) is 0 Å². The third kappa shape index (κ3) is 72.9. The van der Waals surface area contributed by atoms with Crippen molar-refractivity contribution in [3.05, 3.63) is 0 Å². The lowest BCUT2D eigenvalue weighted by Crippen LogP contribution is -2.59. The fraction of sp³-hybridized carbons (Fsp3) is 0.962. The third-order valence-electron chi connectivity index (χ3n) is 23.1. The zero-order valence-corrected chi connectivity index (χ0v) is 95.1. The molecule has 0 aromatic rings. The monoisotopic (exact) mass is 1900 g/mol. The number of carbonyl (C=O) groups is 4. The van der Waals surface area contributed by atoms with Gasteiger partial charge >= 0.3 is 0 Å². The first kappa shape index (κ1) is 134. The minimum Gasteiger partial charge on any atom is -0.396 e. The largest absolute Gasteiger partial charge is 0.396 e. The maximum atomic E-state index is 11.8. The number of piperazine rings is 5. The molecule has 6 N–H and O–H groups in total. The van der Waals surface area contributed by atoms with Crippen molar-refractivity contribution in [3.63, 3.8) is 0 Å². The maximum Gasteiger partial charge on any atom is 0.236 e. The van der Waals surface area contributed by atoms with Gasteiger partial charge in [-0.05, 0) is 126 Å². The van der Waals surface area contributed by atoms with Gasteiger partial charge in [-0.2, -0.15) is 0 Å². The number of methoxy groups -OCH3 is 1. The van der Waals surface area contributed by atoms with Crippen LogP contribution in [0.5, 0.6) is 0 Å². The minimum absolute atomic E-state index is 0.129. The number of hydrogen-bond donors (Lipinski definition) is 6. The fourth-order valence-corrected chi connectivity index (χ4v) is 15.5. The van der Waals surface area contributed by atoms with Gasteiger partial charge in [0.2, 0.25) is 23.6 Å². The summed E-state index contributed by atoms with van der Waals surface area (Å²) in [6, 6.07) is 1.79. The molecule has 796 valence electrons. The first-order valence-corrected chi connectivity index (χ1v) is 50.9. The molecule has 5 atom stereocenters. The zero-order valence-electron chi connectivity index (χ0n) is 95.1. The van der Waals surface area contributed by atoms with Crippen molar-refractivity contribution in [2.24, 2.45) is 48.7 Å². The van der Waals surface area contributed by atoms with Crippen LogP contribution in [0.3, 0.4) is 0 Å². The number of nitrogens with zero attached hydrogens (tertiary/aromatic N) is 13. The summed E-state index contributed by atoms with van der Waals surface area (Å²) >= 11 is 0. The number of amides is 4. The van der Waals surface area contributed by atoms with E-state index >= 15 is 0 Å². The van der Waals surface area contributed by atoms with Crippen LogP contribution in [0, 0.1) is 48.7 Å². The highest BCUT2D eigenvalue weighted by molar-refractivity contribution is 5.81. The van der Waals surface area contributed by atoms with Crippen molar-refractivity contribution >= 4 is 23.6 Å². The van der Waals surface area contributed by atoms with E-state index in [1.54, 1.807) is 21.8 Å². The number of nitrogens with one attached hydrogen (secondary N) is 2. The van der Waals surface area contributed by atoms with Gasteiger partial charge < -0.3 is 89.0 Å². The molecule has 0 bridgehead atoms. The summed E-state index contributed by atoms with van der Waals surface area (Å²) in [4.78, 5) is 75.4. The lowest BCUT2D eigenvalue weighted by molar-refractivity contribution is -0.140. The Morgan fingerprint density at radius 2 is 0.729 bits per heavy atom. The normalized spacial score (nSPS) is 21.6. The Balaban J connectivity index is -0.00000142. The van der Waals surface area contributed by atoms with Crippen LogP contribution in [0.25, 0.3) is 0 Å². The van der Waals surface area contributed by atoms with Gasteiger partial charge in [0.05, 0.1) is 97.8 Å². The van der Waals surface area contributed by atoms with Crippen LogP contribution >= 0.6 is 0 Å². The topological polar surface area (TPSA) is 262 Å². The molecule has 8 aliphatic heterocycles. The van der Waals surface area contributed by atoms with E-state index < -0.39 is 0 Å². The molecule has 0 aromatic heterocycles. The highest BCUT2D eigenvalue weighted by atomic mass is 16.5. The zero-order chi connectivity index (χ0) is 104. The van der Waals surface area contributed by atoms with Crippen LogP contribution < -0.4 is 10.6 Å². The van der Waals surface area contributed by atoms with Crippen molar-refractivity contribution < 1.29 is 63.3 Å². The quantitative estimate of drug-likeness (QED) is 0.0619. The molecule has 8 saturated heterocycles. The summed E-state index contributed by atoms with van der Waals surface area (Å²) in [5.74, 6) is 0.868. The molecular weight excluding hydrogens is 1680 g/mol. The second kappa shape index (κ2) is 66.0. The van der Waals surface area contributed by atoms with Gasteiger partial charge in [0, 0.05) is 260 Å². The smallest absolute Gasteiger partial charge is 0.236 e. The van der Waals surface area contributed by atoms with Gasteiger partial charge in [-0.25, -0.2) is 0 Å². The van der Waals surface area contributed by atoms with E-state index in [-0.39, 0.29) is 72.0 Å². The first-order chi connectivity index (χ1) is 60.7. The Kier molecular flexibility index (Phi) is 66.6. The van der Waals surface area contributed by atoms with Gasteiger partial charge in [-0.15, -0.1) is 0 Å². The molecule has 8 heterocycles. The van der Waals surface area contributed by atoms with E-state index in [2.05, 4.69) is 276 Å². The van der Waals surface area contributed by atoms with E-state index in [4.69, 9.17) is 44.1 Å². The van der Waals surface area contributed by atoms with Gasteiger partial charge in [0.1, 0.15) is 0 Å². The molecule has 0 spiro atoms. The number of aliphatic hydroxyl groups is 4. The molecule has 0 radical (unpaired) electrons. The van der Waals surface area contributed by atoms with Crippen molar-refractivity contribution in [1.82, 2.24) is 74.3 Å². The van der Waals surface area contributed by atoms with E-state index in [0.29, 0.717) is 108 Å². The number of aliphatic hydroxyl groups excluding tert-OH is 4. The van der Waals surface area contributed by atoms with Crippen LogP contribution in [-0.2, 0) is 42.9 Å². The fourth-order valence-electron chi connectivity index (χ4n) is 15.5. The highest BCUT2D eigenvalue weighted by Gasteiger charge is 2.37. The average Bonchev–Trinajstić information content (AvgIpc) is 0.868. The Morgan fingerprint density at radius 3 is 1.05 bits per heavy atom. The van der Waals surface area contributed by atoms with Crippen LogP contribution in [-0.4, -0.2) is 454 Å². The Morgan fingerprint density at radius 1 is 0.383 bits per heavy atom. The summed E-state index contributed by atoms with van der Waals surface area (Å²) < 4.78 is 25.6. The minimum atomic E-state index is -0.225.